The quantitative estimate of drug-likeness (QED) is 0.764. The predicted molar refractivity (Wildman–Crippen MR) is 73.6 cm³/mol. The van der Waals surface area contributed by atoms with Gasteiger partial charge in [0.15, 0.2) is 0 Å². The Hall–Kier alpha value is -1.49. The summed E-state index contributed by atoms with van der Waals surface area (Å²) >= 11 is 1.46. The summed E-state index contributed by atoms with van der Waals surface area (Å²) in [5.41, 5.74) is 1.19. The summed E-state index contributed by atoms with van der Waals surface area (Å²) < 4.78 is 0. The van der Waals surface area contributed by atoms with E-state index >= 15 is 0 Å². The second-order valence-electron chi connectivity index (χ2n) is 3.83. The van der Waals surface area contributed by atoms with Gasteiger partial charge in [0.2, 0.25) is 11.8 Å². The minimum Gasteiger partial charge on any atom is -0.355 e. The molecule has 0 bridgehead atoms. The molecule has 0 spiro atoms. The molecule has 1 rings (SSSR count). The molecular formula is C13H18N2O2S. The molecule has 1 aromatic rings. The fraction of sp³-hybridized carbons (Fsp3) is 0.385. The van der Waals surface area contributed by atoms with E-state index in [2.05, 4.69) is 10.6 Å². The summed E-state index contributed by atoms with van der Waals surface area (Å²) in [6.45, 7) is 4.48. The van der Waals surface area contributed by atoms with Crippen LogP contribution in [0.3, 0.4) is 0 Å². The van der Waals surface area contributed by atoms with Crippen molar-refractivity contribution in [2.24, 2.45) is 0 Å². The van der Waals surface area contributed by atoms with E-state index in [0.717, 1.165) is 4.90 Å². The molecule has 0 saturated heterocycles. The molecule has 0 heterocycles. The van der Waals surface area contributed by atoms with Crippen LogP contribution in [0.1, 0.15) is 12.5 Å². The van der Waals surface area contributed by atoms with Gasteiger partial charge in [0.1, 0.15) is 0 Å². The third kappa shape index (κ3) is 5.72. The fourth-order valence-corrected chi connectivity index (χ4v) is 2.00. The van der Waals surface area contributed by atoms with Gasteiger partial charge in [-0.25, -0.2) is 0 Å². The van der Waals surface area contributed by atoms with E-state index in [4.69, 9.17) is 0 Å². The first kappa shape index (κ1) is 14.6. The summed E-state index contributed by atoms with van der Waals surface area (Å²) in [6.07, 6.45) is 0. The van der Waals surface area contributed by atoms with Crippen LogP contribution in [0.4, 0.5) is 0 Å². The zero-order valence-electron chi connectivity index (χ0n) is 10.7. The number of carbonyl (C=O) groups is 2. The lowest BCUT2D eigenvalue weighted by molar-refractivity contribution is -0.124. The van der Waals surface area contributed by atoms with Gasteiger partial charge in [-0.1, -0.05) is 17.7 Å². The predicted octanol–water partition coefficient (Wildman–Crippen LogP) is 1.34. The number of nitrogens with one attached hydrogen (secondary N) is 2. The number of likely N-dealkylation sites (N-methyl/N-ethyl adjacent to an activating group) is 1. The molecule has 0 aliphatic carbocycles. The highest BCUT2D eigenvalue weighted by atomic mass is 32.2. The van der Waals surface area contributed by atoms with Crippen LogP contribution in [-0.2, 0) is 9.59 Å². The minimum absolute atomic E-state index is 0.0428. The van der Waals surface area contributed by atoms with Crippen molar-refractivity contribution < 1.29 is 9.59 Å². The second kappa shape index (κ2) is 7.76. The van der Waals surface area contributed by atoms with Crippen LogP contribution in [0.2, 0.25) is 0 Å². The van der Waals surface area contributed by atoms with Crippen molar-refractivity contribution in [2.45, 2.75) is 18.7 Å². The SMILES string of the molecule is CCNC(=O)CNC(=O)CSc1ccc(C)cc1. The molecule has 0 saturated carbocycles. The van der Waals surface area contributed by atoms with Crippen LogP contribution < -0.4 is 10.6 Å². The van der Waals surface area contributed by atoms with Gasteiger partial charge in [-0.3, -0.25) is 9.59 Å². The number of benzene rings is 1. The third-order valence-corrected chi connectivity index (χ3v) is 3.22. The lowest BCUT2D eigenvalue weighted by Gasteiger charge is -2.05. The van der Waals surface area contributed by atoms with Gasteiger partial charge in [-0.2, -0.15) is 0 Å². The normalized spacial score (nSPS) is 9.89. The van der Waals surface area contributed by atoms with Crippen molar-refractivity contribution in [3.63, 3.8) is 0 Å². The Bertz CT molecular complexity index is 404. The largest absolute Gasteiger partial charge is 0.355 e. The monoisotopic (exact) mass is 266 g/mol. The molecule has 0 radical (unpaired) electrons. The average Bonchev–Trinajstić information content (AvgIpc) is 2.36. The molecule has 4 nitrogen and oxygen atoms in total. The maximum atomic E-state index is 11.5. The summed E-state index contributed by atoms with van der Waals surface area (Å²) in [5, 5.41) is 5.20. The smallest absolute Gasteiger partial charge is 0.239 e. The van der Waals surface area contributed by atoms with E-state index < -0.39 is 0 Å². The zero-order chi connectivity index (χ0) is 13.4. The molecule has 0 aromatic heterocycles. The summed E-state index contributed by atoms with van der Waals surface area (Å²) in [5.74, 6) is 0.0284. The Morgan fingerprint density at radius 1 is 1.11 bits per heavy atom. The Morgan fingerprint density at radius 3 is 2.39 bits per heavy atom. The van der Waals surface area contributed by atoms with Crippen molar-refractivity contribution in [1.29, 1.82) is 0 Å². The highest BCUT2D eigenvalue weighted by Gasteiger charge is 2.05. The van der Waals surface area contributed by atoms with Crippen molar-refractivity contribution in [1.82, 2.24) is 10.6 Å². The van der Waals surface area contributed by atoms with Crippen LogP contribution in [0.15, 0.2) is 29.2 Å². The minimum atomic E-state index is -0.161. The van der Waals surface area contributed by atoms with Crippen molar-refractivity contribution >= 4 is 23.6 Å². The van der Waals surface area contributed by atoms with Gasteiger partial charge in [0.25, 0.3) is 0 Å². The van der Waals surface area contributed by atoms with E-state index in [1.807, 2.05) is 38.1 Å². The van der Waals surface area contributed by atoms with E-state index in [0.29, 0.717) is 12.3 Å². The Balaban J connectivity index is 2.24. The van der Waals surface area contributed by atoms with Crippen molar-refractivity contribution in [3.8, 4) is 0 Å². The molecule has 0 aliphatic heterocycles. The number of carbonyl (C=O) groups excluding carboxylic acids is 2. The summed E-state index contributed by atoms with van der Waals surface area (Å²) in [6, 6.07) is 7.98. The zero-order valence-corrected chi connectivity index (χ0v) is 11.5. The molecule has 2 N–H and O–H groups in total. The number of hydrogen-bond acceptors (Lipinski definition) is 3. The number of aryl methyl sites for hydroxylation is 1. The summed E-state index contributed by atoms with van der Waals surface area (Å²) in [4.78, 5) is 23.7. The van der Waals surface area contributed by atoms with E-state index in [1.165, 1.54) is 17.3 Å². The van der Waals surface area contributed by atoms with Crippen LogP contribution in [0.25, 0.3) is 0 Å². The van der Waals surface area contributed by atoms with Crippen LogP contribution in [0.5, 0.6) is 0 Å². The first-order valence-corrected chi connectivity index (χ1v) is 6.83. The molecule has 18 heavy (non-hydrogen) atoms. The molecule has 5 heteroatoms. The maximum absolute atomic E-state index is 11.5. The topological polar surface area (TPSA) is 58.2 Å². The van der Waals surface area contributed by atoms with E-state index in [-0.39, 0.29) is 18.4 Å². The summed E-state index contributed by atoms with van der Waals surface area (Å²) in [7, 11) is 0. The molecule has 0 unspecified atom stereocenters. The number of amides is 2. The van der Waals surface area contributed by atoms with Gasteiger partial charge in [0, 0.05) is 11.4 Å². The Kier molecular flexibility index (Phi) is 6.28. The van der Waals surface area contributed by atoms with Gasteiger partial charge >= 0.3 is 0 Å². The number of hydrogen-bond donors (Lipinski definition) is 2. The lowest BCUT2D eigenvalue weighted by Crippen LogP contribution is -2.37. The standard InChI is InChI=1S/C13H18N2O2S/c1-3-14-12(16)8-15-13(17)9-18-11-6-4-10(2)5-7-11/h4-7H,3,8-9H2,1-2H3,(H,14,16)(H,15,17). The van der Waals surface area contributed by atoms with Gasteiger partial charge < -0.3 is 10.6 Å². The van der Waals surface area contributed by atoms with Crippen molar-refractivity contribution in [2.75, 3.05) is 18.8 Å². The average molecular weight is 266 g/mol. The molecule has 0 atom stereocenters. The maximum Gasteiger partial charge on any atom is 0.239 e. The fourth-order valence-electron chi connectivity index (χ4n) is 1.27. The Labute approximate surface area is 112 Å². The second-order valence-corrected chi connectivity index (χ2v) is 4.88. The third-order valence-electron chi connectivity index (χ3n) is 2.21. The Morgan fingerprint density at radius 2 is 1.78 bits per heavy atom. The molecule has 0 aliphatic rings. The van der Waals surface area contributed by atoms with Gasteiger partial charge in [0.05, 0.1) is 12.3 Å². The molecular weight excluding hydrogens is 248 g/mol. The van der Waals surface area contributed by atoms with Gasteiger partial charge in [-0.05, 0) is 26.0 Å². The van der Waals surface area contributed by atoms with Crippen LogP contribution >= 0.6 is 11.8 Å². The number of thioether (sulfide) groups is 1. The first-order chi connectivity index (χ1) is 8.61. The van der Waals surface area contributed by atoms with E-state index in [1.54, 1.807) is 0 Å². The molecule has 2 amide bonds. The highest BCUT2D eigenvalue weighted by Crippen LogP contribution is 2.17. The molecule has 0 fully saturated rings. The lowest BCUT2D eigenvalue weighted by atomic mass is 10.2. The molecule has 98 valence electrons. The van der Waals surface area contributed by atoms with E-state index in [9.17, 15) is 9.59 Å². The van der Waals surface area contributed by atoms with Crippen LogP contribution in [0, 0.1) is 6.92 Å². The number of rotatable bonds is 6. The molecule has 1 aromatic carbocycles. The first-order valence-electron chi connectivity index (χ1n) is 5.84. The van der Waals surface area contributed by atoms with Crippen molar-refractivity contribution in [3.05, 3.63) is 29.8 Å². The van der Waals surface area contributed by atoms with Crippen LogP contribution in [-0.4, -0.2) is 30.7 Å². The highest BCUT2D eigenvalue weighted by molar-refractivity contribution is 8.00. The van der Waals surface area contributed by atoms with Gasteiger partial charge in [-0.15, -0.1) is 11.8 Å².